The number of rotatable bonds is 7. The quantitative estimate of drug-likeness (QED) is 0.805. The van der Waals surface area contributed by atoms with Gasteiger partial charge in [0, 0.05) is 12.0 Å². The average Bonchev–Trinajstić information content (AvgIpc) is 3.45. The number of hydrogen-bond acceptors (Lipinski definition) is 6. The SMILES string of the molecule is COc1cc(C(=O)NS(=O)(=O)CCc2ccccc2)nnc1C1CC1. The lowest BCUT2D eigenvalue weighted by atomic mass is 10.2. The monoisotopic (exact) mass is 361 g/mol. The summed E-state index contributed by atoms with van der Waals surface area (Å²) < 4.78 is 31.5. The van der Waals surface area contributed by atoms with E-state index in [2.05, 4.69) is 10.2 Å². The van der Waals surface area contributed by atoms with Crippen LogP contribution in [0.5, 0.6) is 5.75 Å². The Kier molecular flexibility index (Phi) is 4.98. The van der Waals surface area contributed by atoms with E-state index in [-0.39, 0.29) is 11.4 Å². The summed E-state index contributed by atoms with van der Waals surface area (Å²) in [6.07, 6.45) is 2.36. The maximum atomic E-state index is 12.2. The highest BCUT2D eigenvalue weighted by atomic mass is 32.2. The van der Waals surface area contributed by atoms with Crippen LogP contribution in [0, 0.1) is 0 Å². The van der Waals surface area contributed by atoms with E-state index in [4.69, 9.17) is 4.74 Å². The second kappa shape index (κ2) is 7.18. The minimum absolute atomic E-state index is 0.0791. The molecule has 0 aliphatic heterocycles. The van der Waals surface area contributed by atoms with Gasteiger partial charge in [-0.15, -0.1) is 5.10 Å². The van der Waals surface area contributed by atoms with E-state index >= 15 is 0 Å². The molecule has 25 heavy (non-hydrogen) atoms. The molecule has 1 heterocycles. The maximum Gasteiger partial charge on any atom is 0.285 e. The fourth-order valence-electron chi connectivity index (χ4n) is 2.44. The lowest BCUT2D eigenvalue weighted by molar-refractivity contribution is 0.0975. The van der Waals surface area contributed by atoms with E-state index in [1.54, 1.807) is 0 Å². The standard InChI is InChI=1S/C17H19N3O4S/c1-24-15-11-14(18-19-16(15)13-7-8-13)17(21)20-25(22,23)10-9-12-5-3-2-4-6-12/h2-6,11,13H,7-10H2,1H3,(H,20,21). The number of aryl methyl sites for hydroxylation is 1. The Bertz CT molecular complexity index is 865. The van der Waals surface area contributed by atoms with Crippen molar-refractivity contribution >= 4 is 15.9 Å². The molecule has 0 saturated heterocycles. The molecule has 1 amide bonds. The molecular weight excluding hydrogens is 342 g/mol. The van der Waals surface area contributed by atoms with Gasteiger partial charge in [0.15, 0.2) is 5.69 Å². The molecule has 3 rings (SSSR count). The molecule has 1 fully saturated rings. The summed E-state index contributed by atoms with van der Waals surface area (Å²) in [6, 6.07) is 10.6. The molecule has 0 bridgehead atoms. The molecule has 1 saturated carbocycles. The van der Waals surface area contributed by atoms with Crippen LogP contribution in [0.15, 0.2) is 36.4 Å². The Labute approximate surface area is 146 Å². The third-order valence-corrected chi connectivity index (χ3v) is 5.19. The highest BCUT2D eigenvalue weighted by Gasteiger charge is 2.30. The van der Waals surface area contributed by atoms with Gasteiger partial charge in [-0.3, -0.25) is 4.79 Å². The second-order valence-electron chi connectivity index (χ2n) is 5.94. The third-order valence-electron chi connectivity index (χ3n) is 3.95. The summed E-state index contributed by atoms with van der Waals surface area (Å²) in [6.45, 7) is 0. The van der Waals surface area contributed by atoms with Crippen molar-refractivity contribution in [3.05, 3.63) is 53.3 Å². The van der Waals surface area contributed by atoms with Gasteiger partial charge in [-0.2, -0.15) is 5.10 Å². The minimum atomic E-state index is -3.77. The first-order valence-electron chi connectivity index (χ1n) is 7.99. The smallest absolute Gasteiger partial charge is 0.285 e. The number of methoxy groups -OCH3 is 1. The lowest BCUT2D eigenvalue weighted by Crippen LogP contribution is -2.33. The van der Waals surface area contributed by atoms with E-state index in [0.717, 1.165) is 18.4 Å². The number of benzene rings is 1. The van der Waals surface area contributed by atoms with Crippen LogP contribution < -0.4 is 9.46 Å². The number of carbonyl (C=O) groups is 1. The van der Waals surface area contributed by atoms with Crippen LogP contribution in [0.4, 0.5) is 0 Å². The van der Waals surface area contributed by atoms with Crippen LogP contribution in [0.2, 0.25) is 0 Å². The Morgan fingerprint density at radius 3 is 2.60 bits per heavy atom. The fourth-order valence-corrected chi connectivity index (χ4v) is 3.43. The first-order valence-corrected chi connectivity index (χ1v) is 9.64. The van der Waals surface area contributed by atoms with E-state index in [1.807, 2.05) is 35.1 Å². The molecule has 0 radical (unpaired) electrons. The van der Waals surface area contributed by atoms with E-state index in [0.29, 0.717) is 23.8 Å². The van der Waals surface area contributed by atoms with Crippen molar-refractivity contribution in [3.63, 3.8) is 0 Å². The molecule has 0 spiro atoms. The highest BCUT2D eigenvalue weighted by molar-refractivity contribution is 7.90. The van der Waals surface area contributed by atoms with Crippen molar-refractivity contribution in [1.29, 1.82) is 0 Å². The Hall–Kier alpha value is -2.48. The van der Waals surface area contributed by atoms with Crippen molar-refractivity contribution in [3.8, 4) is 5.75 Å². The van der Waals surface area contributed by atoms with Gasteiger partial charge in [-0.1, -0.05) is 30.3 Å². The van der Waals surface area contributed by atoms with Crippen LogP contribution in [0.3, 0.4) is 0 Å². The van der Waals surface area contributed by atoms with Gasteiger partial charge in [0.2, 0.25) is 10.0 Å². The predicted octanol–water partition coefficient (Wildman–Crippen LogP) is 1.66. The molecule has 2 aromatic rings. The van der Waals surface area contributed by atoms with Gasteiger partial charge in [0.25, 0.3) is 5.91 Å². The van der Waals surface area contributed by atoms with Gasteiger partial charge in [-0.25, -0.2) is 13.1 Å². The van der Waals surface area contributed by atoms with Crippen molar-refractivity contribution in [2.75, 3.05) is 12.9 Å². The highest BCUT2D eigenvalue weighted by Crippen LogP contribution is 2.42. The maximum absolute atomic E-state index is 12.2. The number of nitrogens with zero attached hydrogens (tertiary/aromatic N) is 2. The summed E-state index contributed by atoms with van der Waals surface area (Å²) in [5, 5.41) is 7.87. The Morgan fingerprint density at radius 1 is 1.24 bits per heavy atom. The molecule has 0 unspecified atom stereocenters. The number of nitrogens with one attached hydrogen (secondary N) is 1. The second-order valence-corrected chi connectivity index (χ2v) is 7.78. The van der Waals surface area contributed by atoms with Gasteiger partial charge < -0.3 is 4.74 Å². The van der Waals surface area contributed by atoms with Crippen LogP contribution >= 0.6 is 0 Å². The first kappa shape index (κ1) is 17.3. The van der Waals surface area contributed by atoms with Gasteiger partial charge in [-0.05, 0) is 24.8 Å². The van der Waals surface area contributed by atoms with Crippen LogP contribution in [0.25, 0.3) is 0 Å². The van der Waals surface area contributed by atoms with Crippen LogP contribution in [-0.2, 0) is 16.4 Å². The summed E-state index contributed by atoms with van der Waals surface area (Å²) in [5.74, 6) is -0.215. The lowest BCUT2D eigenvalue weighted by Gasteiger charge is -2.09. The number of ether oxygens (including phenoxy) is 1. The first-order chi connectivity index (χ1) is 12.0. The molecule has 1 N–H and O–H groups in total. The fraction of sp³-hybridized carbons (Fsp3) is 0.353. The molecule has 1 aromatic carbocycles. The topological polar surface area (TPSA) is 98.2 Å². The average molecular weight is 361 g/mol. The van der Waals surface area contributed by atoms with E-state index in [1.165, 1.54) is 13.2 Å². The van der Waals surface area contributed by atoms with E-state index in [9.17, 15) is 13.2 Å². The predicted molar refractivity (Wildman–Crippen MR) is 92.0 cm³/mol. The summed E-state index contributed by atoms with van der Waals surface area (Å²) >= 11 is 0. The zero-order chi connectivity index (χ0) is 17.9. The van der Waals surface area contributed by atoms with E-state index < -0.39 is 15.9 Å². The zero-order valence-corrected chi connectivity index (χ0v) is 14.6. The Morgan fingerprint density at radius 2 is 1.96 bits per heavy atom. The van der Waals surface area contributed by atoms with Gasteiger partial charge in [0.1, 0.15) is 11.4 Å². The molecule has 1 aromatic heterocycles. The number of carbonyl (C=O) groups excluding carboxylic acids is 1. The van der Waals surface area contributed by atoms with Gasteiger partial charge >= 0.3 is 0 Å². The van der Waals surface area contributed by atoms with Crippen molar-refractivity contribution in [2.45, 2.75) is 25.2 Å². The number of sulfonamides is 1. The molecular formula is C17H19N3O4S. The zero-order valence-electron chi connectivity index (χ0n) is 13.8. The molecule has 0 atom stereocenters. The molecule has 132 valence electrons. The Balaban J connectivity index is 1.66. The summed E-state index contributed by atoms with van der Waals surface area (Å²) in [4.78, 5) is 12.2. The number of aromatic nitrogens is 2. The molecule has 8 heteroatoms. The summed E-state index contributed by atoms with van der Waals surface area (Å²) in [5.41, 5.74) is 1.52. The van der Waals surface area contributed by atoms with Gasteiger partial charge in [0.05, 0.1) is 12.9 Å². The molecule has 7 nitrogen and oxygen atoms in total. The van der Waals surface area contributed by atoms with Crippen molar-refractivity contribution < 1.29 is 17.9 Å². The number of amides is 1. The largest absolute Gasteiger partial charge is 0.495 e. The van der Waals surface area contributed by atoms with Crippen molar-refractivity contribution in [2.24, 2.45) is 0 Å². The normalized spacial score (nSPS) is 14.1. The third kappa shape index (κ3) is 4.54. The van der Waals surface area contributed by atoms with Crippen LogP contribution in [0.1, 0.15) is 40.5 Å². The summed E-state index contributed by atoms with van der Waals surface area (Å²) in [7, 11) is -2.28. The molecule has 1 aliphatic rings. The van der Waals surface area contributed by atoms with Crippen LogP contribution in [-0.4, -0.2) is 37.4 Å². The minimum Gasteiger partial charge on any atom is -0.495 e. The van der Waals surface area contributed by atoms with Crippen molar-refractivity contribution in [1.82, 2.24) is 14.9 Å². The molecule has 1 aliphatic carbocycles. The number of hydrogen-bond donors (Lipinski definition) is 1.